The maximum atomic E-state index is 2.52. The van der Waals surface area contributed by atoms with Gasteiger partial charge in [0.25, 0.3) is 6.71 Å². The van der Waals surface area contributed by atoms with Gasteiger partial charge in [-0.2, -0.15) is 0 Å². The fraction of sp³-hybridized carbons (Fsp3) is 0.0968. The minimum absolute atomic E-state index is 0.233. The molecule has 0 N–H and O–H groups in total. The molecule has 1 aliphatic carbocycles. The largest absolute Gasteiger partial charge is 0.315 e. The lowest BCUT2D eigenvalue weighted by atomic mass is 9.32. The topological polar surface area (TPSA) is 6.48 Å². The number of anilines is 4. The summed E-state index contributed by atoms with van der Waals surface area (Å²) in [6.45, 7) is 2.61. The summed E-state index contributed by atoms with van der Waals surface area (Å²) in [5, 5.41) is 0. The van der Waals surface area contributed by atoms with Crippen LogP contribution in [0.3, 0.4) is 0 Å². The number of rotatable bonds is 2. The van der Waals surface area contributed by atoms with Crippen LogP contribution < -0.4 is 20.7 Å². The summed E-state index contributed by atoms with van der Waals surface area (Å²) >= 11 is 0. The molecule has 0 saturated heterocycles. The van der Waals surface area contributed by atoms with E-state index in [0.717, 1.165) is 6.42 Å². The van der Waals surface area contributed by atoms with Crippen LogP contribution in [0.2, 0.25) is 0 Å². The highest BCUT2D eigenvalue weighted by molar-refractivity contribution is 6.94. The Hall–Kier alpha value is -3.98. The van der Waals surface area contributed by atoms with E-state index in [-0.39, 0.29) is 6.71 Å². The van der Waals surface area contributed by atoms with E-state index >= 15 is 0 Å². The van der Waals surface area contributed by atoms with Gasteiger partial charge in [-0.05, 0) is 65.1 Å². The number of allylic oxidation sites excluding steroid dienone is 3. The van der Waals surface area contributed by atoms with Crippen molar-refractivity contribution in [1.29, 1.82) is 0 Å². The first-order chi connectivity index (χ1) is 16.8. The van der Waals surface area contributed by atoms with Gasteiger partial charge in [0.05, 0.1) is 0 Å². The van der Waals surface area contributed by atoms with Crippen LogP contribution in [-0.2, 0) is 0 Å². The predicted octanol–water partition coefficient (Wildman–Crippen LogP) is 6.32. The van der Waals surface area contributed by atoms with Crippen molar-refractivity contribution in [3.05, 3.63) is 132 Å². The fourth-order valence-electron chi connectivity index (χ4n) is 6.07. The Morgan fingerprint density at radius 2 is 1.12 bits per heavy atom. The molecule has 3 aliphatic rings. The molecule has 2 aliphatic heterocycles. The molecule has 3 heteroatoms. The molecule has 7 rings (SSSR count). The molecule has 2 heterocycles. The molecule has 0 spiro atoms. The van der Waals surface area contributed by atoms with Gasteiger partial charge in [0.1, 0.15) is 0 Å². The molecule has 0 radical (unpaired) electrons. The van der Waals surface area contributed by atoms with Crippen LogP contribution in [-0.4, -0.2) is 6.71 Å². The van der Waals surface area contributed by atoms with E-state index in [9.17, 15) is 0 Å². The smallest absolute Gasteiger partial charge is 0.251 e. The van der Waals surface area contributed by atoms with Crippen molar-refractivity contribution < 1.29 is 0 Å². The Morgan fingerprint density at radius 1 is 0.618 bits per heavy atom. The fourth-order valence-corrected chi connectivity index (χ4v) is 6.07. The third-order valence-electron chi connectivity index (χ3n) is 7.46. The lowest BCUT2D eigenvalue weighted by molar-refractivity contribution is 0.657. The highest BCUT2D eigenvalue weighted by Gasteiger charge is 2.46. The molecule has 4 aromatic carbocycles. The van der Waals surface area contributed by atoms with Crippen molar-refractivity contribution in [3.63, 3.8) is 0 Å². The summed E-state index contributed by atoms with van der Waals surface area (Å²) in [5.41, 5.74) is 12.0. The Bertz CT molecular complexity index is 1460. The number of hydrogen-bond acceptors (Lipinski definition) is 2. The second kappa shape index (κ2) is 7.53. The molecule has 4 aromatic rings. The monoisotopic (exact) mass is 436 g/mol. The van der Waals surface area contributed by atoms with Crippen LogP contribution >= 0.6 is 0 Å². The summed E-state index contributed by atoms with van der Waals surface area (Å²) in [6.07, 6.45) is 3.49. The van der Waals surface area contributed by atoms with E-state index in [2.05, 4.69) is 132 Å². The van der Waals surface area contributed by atoms with Crippen LogP contribution in [0.25, 0.3) is 0 Å². The van der Waals surface area contributed by atoms with Crippen molar-refractivity contribution in [3.8, 4) is 0 Å². The van der Waals surface area contributed by atoms with Crippen LogP contribution in [0.1, 0.15) is 13.3 Å². The van der Waals surface area contributed by atoms with Crippen LogP contribution in [0, 0.1) is 5.92 Å². The number of nitrogens with zero attached hydrogens (tertiary/aromatic N) is 2. The van der Waals surface area contributed by atoms with Gasteiger partial charge in [-0.1, -0.05) is 85.8 Å². The molecule has 162 valence electrons. The van der Waals surface area contributed by atoms with Crippen LogP contribution in [0.5, 0.6) is 0 Å². The highest BCUT2D eigenvalue weighted by atomic mass is 15.2. The summed E-state index contributed by atoms with van der Waals surface area (Å²) < 4.78 is 0. The Labute approximate surface area is 201 Å². The minimum Gasteiger partial charge on any atom is -0.315 e. The second-order valence-corrected chi connectivity index (χ2v) is 9.42. The lowest BCUT2D eigenvalue weighted by Crippen LogP contribution is -2.57. The van der Waals surface area contributed by atoms with Gasteiger partial charge < -0.3 is 9.80 Å². The van der Waals surface area contributed by atoms with E-state index in [1.54, 1.807) is 0 Å². The number of fused-ring (bicyclic) bond motifs is 4. The second-order valence-electron chi connectivity index (χ2n) is 9.42. The maximum Gasteiger partial charge on any atom is 0.251 e. The number of para-hydroxylation sites is 4. The zero-order valence-corrected chi connectivity index (χ0v) is 19.2. The first-order valence-corrected chi connectivity index (χ1v) is 12.2. The molecule has 1 atom stereocenters. The van der Waals surface area contributed by atoms with Gasteiger partial charge in [0.15, 0.2) is 0 Å². The summed E-state index contributed by atoms with van der Waals surface area (Å²) in [6, 6.07) is 39.6. The molecule has 1 unspecified atom stereocenters. The van der Waals surface area contributed by atoms with Crippen molar-refractivity contribution in [2.45, 2.75) is 13.3 Å². The molecule has 0 amide bonds. The third-order valence-corrected chi connectivity index (χ3v) is 7.46. The van der Waals surface area contributed by atoms with Crippen molar-refractivity contribution in [2.75, 3.05) is 9.80 Å². The molecular weight excluding hydrogens is 411 g/mol. The SMILES string of the molecule is CC1CC=C2C3=C1N(c1ccccc1)c1ccccc1B3c1ccccc1N2c1ccccc1. The minimum atomic E-state index is 0.233. The summed E-state index contributed by atoms with van der Waals surface area (Å²) in [4.78, 5) is 5.00. The molecule has 0 aromatic heterocycles. The Morgan fingerprint density at radius 3 is 1.74 bits per heavy atom. The van der Waals surface area contributed by atoms with Gasteiger partial charge in [0, 0.05) is 34.1 Å². The summed E-state index contributed by atoms with van der Waals surface area (Å²) in [5.74, 6) is 0.428. The van der Waals surface area contributed by atoms with Gasteiger partial charge in [0.2, 0.25) is 0 Å². The number of benzene rings is 4. The molecular formula is C31H25BN2. The van der Waals surface area contributed by atoms with Gasteiger partial charge in [-0.15, -0.1) is 0 Å². The maximum absolute atomic E-state index is 2.52. The lowest BCUT2D eigenvalue weighted by Gasteiger charge is -2.48. The van der Waals surface area contributed by atoms with Gasteiger partial charge in [-0.3, -0.25) is 0 Å². The van der Waals surface area contributed by atoms with E-state index in [4.69, 9.17) is 0 Å². The average Bonchev–Trinajstić information content (AvgIpc) is 2.91. The standard InChI is InChI=1S/C31H25BN2/c1-22-20-21-29-30-31(22)34(24-14-6-3-7-15-24)28-19-11-9-17-26(28)32(30)25-16-8-10-18-27(25)33(29)23-12-4-2-5-13-23/h2-19,21-22H,20H2,1H3. The average molecular weight is 436 g/mol. The molecule has 2 nitrogen and oxygen atoms in total. The van der Waals surface area contributed by atoms with Crippen molar-refractivity contribution >= 4 is 40.4 Å². The van der Waals surface area contributed by atoms with Crippen LogP contribution in [0.15, 0.2) is 132 Å². The first-order valence-electron chi connectivity index (χ1n) is 12.2. The summed E-state index contributed by atoms with van der Waals surface area (Å²) in [7, 11) is 0. The Balaban J connectivity index is 1.58. The van der Waals surface area contributed by atoms with Crippen LogP contribution in [0.4, 0.5) is 22.7 Å². The highest BCUT2D eigenvalue weighted by Crippen LogP contribution is 2.48. The van der Waals surface area contributed by atoms with Crippen molar-refractivity contribution in [1.82, 2.24) is 0 Å². The van der Waals surface area contributed by atoms with Gasteiger partial charge in [-0.25, -0.2) is 0 Å². The molecule has 0 fully saturated rings. The zero-order chi connectivity index (χ0) is 22.6. The van der Waals surface area contributed by atoms with Crippen molar-refractivity contribution in [2.24, 2.45) is 5.92 Å². The molecule has 0 saturated carbocycles. The van der Waals surface area contributed by atoms with Gasteiger partial charge >= 0.3 is 0 Å². The van der Waals surface area contributed by atoms with E-state index < -0.39 is 0 Å². The quantitative estimate of drug-likeness (QED) is 0.340. The third kappa shape index (κ3) is 2.70. The van der Waals surface area contributed by atoms with E-state index in [0.29, 0.717) is 5.92 Å². The van der Waals surface area contributed by atoms with E-state index in [1.807, 2.05) is 0 Å². The molecule has 0 bridgehead atoms. The zero-order valence-electron chi connectivity index (χ0n) is 19.2. The predicted molar refractivity (Wildman–Crippen MR) is 144 cm³/mol. The van der Waals surface area contributed by atoms with E-state index in [1.165, 1.54) is 50.5 Å². The molecule has 34 heavy (non-hydrogen) atoms. The normalized spacial score (nSPS) is 18.2. The first kappa shape index (κ1) is 19.5. The Kier molecular flexibility index (Phi) is 4.32. The number of hydrogen-bond donors (Lipinski definition) is 0.